The summed E-state index contributed by atoms with van der Waals surface area (Å²) in [6.07, 6.45) is 2.50. The van der Waals surface area contributed by atoms with Crippen molar-refractivity contribution in [1.29, 1.82) is 0 Å². The molecular formula is C22H27N3. The Morgan fingerprint density at radius 1 is 1.00 bits per heavy atom. The van der Waals surface area contributed by atoms with Crippen LogP contribution in [0.15, 0.2) is 30.3 Å². The maximum Gasteiger partial charge on any atom is 0.0436 e. The lowest BCUT2D eigenvalue weighted by Crippen LogP contribution is -2.41. The molecule has 2 unspecified atom stereocenters. The second-order valence-corrected chi connectivity index (χ2v) is 8.15. The Bertz CT molecular complexity index is 806. The van der Waals surface area contributed by atoms with Crippen molar-refractivity contribution < 1.29 is 0 Å². The summed E-state index contributed by atoms with van der Waals surface area (Å²) in [4.78, 5) is 2.66. The summed E-state index contributed by atoms with van der Waals surface area (Å²) in [6.45, 7) is 9.11. The molecule has 0 aliphatic carbocycles. The van der Waals surface area contributed by atoms with E-state index in [0.717, 1.165) is 12.5 Å². The molecule has 0 aromatic heterocycles. The molecule has 3 heteroatoms. The SMILES string of the molecule is Cc1cc(C)cc(Nc2cc3c4c(c2)C2CNCC2CN4CCC3)c1. The highest BCUT2D eigenvalue weighted by molar-refractivity contribution is 5.73. The zero-order chi connectivity index (χ0) is 17.0. The van der Waals surface area contributed by atoms with Gasteiger partial charge in [-0.3, -0.25) is 0 Å². The van der Waals surface area contributed by atoms with Gasteiger partial charge in [0.2, 0.25) is 0 Å². The monoisotopic (exact) mass is 333 g/mol. The highest BCUT2D eigenvalue weighted by atomic mass is 15.2. The summed E-state index contributed by atoms with van der Waals surface area (Å²) in [7, 11) is 0. The van der Waals surface area contributed by atoms with Crippen LogP contribution in [0, 0.1) is 19.8 Å². The molecule has 25 heavy (non-hydrogen) atoms. The second kappa shape index (κ2) is 5.77. The molecule has 2 aromatic carbocycles. The lowest BCUT2D eigenvalue weighted by atomic mass is 9.80. The molecule has 0 bridgehead atoms. The van der Waals surface area contributed by atoms with E-state index in [1.807, 2.05) is 0 Å². The number of nitrogens with one attached hydrogen (secondary N) is 2. The molecule has 130 valence electrons. The van der Waals surface area contributed by atoms with E-state index in [0.29, 0.717) is 5.92 Å². The molecule has 0 spiro atoms. The Balaban J connectivity index is 1.57. The van der Waals surface area contributed by atoms with Crippen molar-refractivity contribution in [1.82, 2.24) is 5.32 Å². The predicted octanol–water partition coefficient (Wildman–Crippen LogP) is 4.12. The summed E-state index contributed by atoms with van der Waals surface area (Å²) in [5.74, 6) is 1.46. The van der Waals surface area contributed by atoms with Gasteiger partial charge in [-0.25, -0.2) is 0 Å². The second-order valence-electron chi connectivity index (χ2n) is 8.15. The zero-order valence-electron chi connectivity index (χ0n) is 15.2. The van der Waals surface area contributed by atoms with Gasteiger partial charge in [0.25, 0.3) is 0 Å². The average molecular weight is 333 g/mol. The molecule has 3 nitrogen and oxygen atoms in total. The normalized spacial score (nSPS) is 24.0. The van der Waals surface area contributed by atoms with E-state index in [2.05, 4.69) is 59.7 Å². The van der Waals surface area contributed by atoms with Crippen LogP contribution in [0.4, 0.5) is 17.1 Å². The molecule has 3 aliphatic rings. The number of hydrogen-bond donors (Lipinski definition) is 2. The van der Waals surface area contributed by atoms with Crippen molar-refractivity contribution >= 4 is 17.1 Å². The van der Waals surface area contributed by atoms with E-state index in [4.69, 9.17) is 0 Å². The Morgan fingerprint density at radius 2 is 1.80 bits per heavy atom. The highest BCUT2D eigenvalue weighted by Crippen LogP contribution is 2.46. The fourth-order valence-electron chi connectivity index (χ4n) is 5.19. The van der Waals surface area contributed by atoms with Crippen molar-refractivity contribution in [2.75, 3.05) is 36.4 Å². The van der Waals surface area contributed by atoms with Crippen LogP contribution in [0.1, 0.15) is 34.6 Å². The first-order chi connectivity index (χ1) is 12.2. The number of benzene rings is 2. The van der Waals surface area contributed by atoms with Crippen molar-refractivity contribution in [3.8, 4) is 0 Å². The summed E-state index contributed by atoms with van der Waals surface area (Å²) in [6, 6.07) is 11.5. The quantitative estimate of drug-likeness (QED) is 0.866. The van der Waals surface area contributed by atoms with Gasteiger partial charge < -0.3 is 15.5 Å². The van der Waals surface area contributed by atoms with Crippen molar-refractivity contribution in [2.24, 2.45) is 5.92 Å². The number of rotatable bonds is 2. The van der Waals surface area contributed by atoms with Crippen LogP contribution < -0.4 is 15.5 Å². The van der Waals surface area contributed by atoms with E-state index in [1.165, 1.54) is 55.0 Å². The number of anilines is 3. The summed E-state index contributed by atoms with van der Waals surface area (Å²) in [5, 5.41) is 7.32. The summed E-state index contributed by atoms with van der Waals surface area (Å²) < 4.78 is 0. The van der Waals surface area contributed by atoms with Gasteiger partial charge >= 0.3 is 0 Å². The van der Waals surface area contributed by atoms with E-state index in [-0.39, 0.29) is 0 Å². The molecule has 0 saturated carbocycles. The van der Waals surface area contributed by atoms with E-state index < -0.39 is 0 Å². The van der Waals surface area contributed by atoms with Gasteiger partial charge in [-0.05, 0) is 79.1 Å². The fourth-order valence-corrected chi connectivity index (χ4v) is 5.19. The summed E-state index contributed by atoms with van der Waals surface area (Å²) >= 11 is 0. The first-order valence-electron chi connectivity index (χ1n) is 9.65. The minimum Gasteiger partial charge on any atom is -0.371 e. The maximum atomic E-state index is 3.69. The van der Waals surface area contributed by atoms with Crippen molar-refractivity contribution in [3.05, 3.63) is 52.6 Å². The average Bonchev–Trinajstić information content (AvgIpc) is 3.02. The minimum absolute atomic E-state index is 0.684. The Morgan fingerprint density at radius 3 is 2.64 bits per heavy atom. The molecule has 1 saturated heterocycles. The van der Waals surface area contributed by atoms with Crippen LogP contribution in [0.25, 0.3) is 0 Å². The maximum absolute atomic E-state index is 3.69. The minimum atomic E-state index is 0.684. The Hall–Kier alpha value is -2.00. The Labute approximate surface area is 150 Å². The third kappa shape index (κ3) is 2.62. The third-order valence-corrected chi connectivity index (χ3v) is 6.11. The topological polar surface area (TPSA) is 27.3 Å². The Kier molecular flexibility index (Phi) is 3.53. The van der Waals surface area contributed by atoms with Gasteiger partial charge in [0, 0.05) is 49.2 Å². The van der Waals surface area contributed by atoms with Crippen LogP contribution in [-0.4, -0.2) is 26.2 Å². The van der Waals surface area contributed by atoms with Gasteiger partial charge in [0.15, 0.2) is 0 Å². The third-order valence-electron chi connectivity index (χ3n) is 6.11. The van der Waals surface area contributed by atoms with Crippen LogP contribution in [0.5, 0.6) is 0 Å². The van der Waals surface area contributed by atoms with Crippen LogP contribution in [0.3, 0.4) is 0 Å². The van der Waals surface area contributed by atoms with Gasteiger partial charge in [-0.2, -0.15) is 0 Å². The van der Waals surface area contributed by atoms with Crippen molar-refractivity contribution in [2.45, 2.75) is 32.6 Å². The van der Waals surface area contributed by atoms with Gasteiger partial charge in [-0.1, -0.05) is 6.07 Å². The molecule has 3 heterocycles. The lowest BCUT2D eigenvalue weighted by Gasteiger charge is -2.42. The molecule has 2 atom stereocenters. The predicted molar refractivity (Wildman–Crippen MR) is 105 cm³/mol. The van der Waals surface area contributed by atoms with Crippen LogP contribution in [0.2, 0.25) is 0 Å². The van der Waals surface area contributed by atoms with Gasteiger partial charge in [0.1, 0.15) is 0 Å². The fraction of sp³-hybridized carbons (Fsp3) is 0.455. The molecular weight excluding hydrogens is 306 g/mol. The van der Waals surface area contributed by atoms with E-state index in [9.17, 15) is 0 Å². The van der Waals surface area contributed by atoms with Crippen LogP contribution in [-0.2, 0) is 6.42 Å². The smallest absolute Gasteiger partial charge is 0.0436 e. The first kappa shape index (κ1) is 15.3. The largest absolute Gasteiger partial charge is 0.371 e. The van der Waals surface area contributed by atoms with Gasteiger partial charge in [-0.15, -0.1) is 0 Å². The number of aryl methyl sites for hydroxylation is 3. The number of nitrogens with zero attached hydrogens (tertiary/aromatic N) is 1. The van der Waals surface area contributed by atoms with E-state index >= 15 is 0 Å². The molecule has 5 rings (SSSR count). The first-order valence-corrected chi connectivity index (χ1v) is 9.65. The zero-order valence-corrected chi connectivity index (χ0v) is 15.2. The summed E-state index contributed by atoms with van der Waals surface area (Å²) in [5.41, 5.74) is 9.76. The number of fused-ring (bicyclic) bond motifs is 2. The molecule has 0 amide bonds. The molecule has 1 fully saturated rings. The highest BCUT2D eigenvalue weighted by Gasteiger charge is 2.38. The van der Waals surface area contributed by atoms with E-state index in [1.54, 1.807) is 16.8 Å². The number of hydrogen-bond acceptors (Lipinski definition) is 3. The van der Waals surface area contributed by atoms with Crippen LogP contribution >= 0.6 is 0 Å². The van der Waals surface area contributed by atoms with Gasteiger partial charge in [0.05, 0.1) is 0 Å². The standard InChI is InChI=1S/C22H27N3/c1-14-6-15(2)8-18(7-14)24-19-9-16-4-3-5-25-13-17-11-23-12-21(17)20(10-19)22(16)25/h6-10,17,21,23-24H,3-5,11-13H2,1-2H3. The molecule has 2 aromatic rings. The molecule has 2 N–H and O–H groups in total. The molecule has 3 aliphatic heterocycles. The lowest BCUT2D eigenvalue weighted by molar-refractivity contribution is 0.470. The molecule has 0 radical (unpaired) electrons. The van der Waals surface area contributed by atoms with Crippen molar-refractivity contribution in [3.63, 3.8) is 0 Å².